The molecule has 1 aliphatic heterocycles. The highest BCUT2D eigenvalue weighted by Gasteiger charge is 2.60. The number of rotatable bonds is 7. The third-order valence-electron chi connectivity index (χ3n) is 8.87. The molecule has 4 saturated carbocycles. The minimum atomic E-state index is -2.41. The van der Waals surface area contributed by atoms with Gasteiger partial charge in [-0.05, 0) is 73.5 Å². The van der Waals surface area contributed by atoms with E-state index in [0.717, 1.165) is 32.6 Å². The van der Waals surface area contributed by atoms with Gasteiger partial charge in [0.25, 0.3) is 0 Å². The van der Waals surface area contributed by atoms with E-state index in [9.17, 15) is 24.3 Å². The van der Waals surface area contributed by atoms with Gasteiger partial charge >= 0.3 is 23.9 Å². The number of esters is 4. The Labute approximate surface area is 249 Å². The van der Waals surface area contributed by atoms with Crippen LogP contribution in [0.15, 0.2) is 23.8 Å². The van der Waals surface area contributed by atoms with E-state index in [2.05, 4.69) is 6.08 Å². The number of hydrogen-bond donors (Lipinski definition) is 1. The quantitative estimate of drug-likeness (QED) is 0.358. The summed E-state index contributed by atoms with van der Waals surface area (Å²) in [5, 5.41) is 12.7. The van der Waals surface area contributed by atoms with Crippen molar-refractivity contribution in [2.24, 2.45) is 23.7 Å². The third-order valence-corrected chi connectivity index (χ3v) is 9.21. The fraction of sp³-hybridized carbons (Fsp3) is 0.613. The van der Waals surface area contributed by atoms with Crippen molar-refractivity contribution in [2.75, 3.05) is 6.61 Å². The number of ether oxygens (including phenoxy) is 5. The summed E-state index contributed by atoms with van der Waals surface area (Å²) in [7, 11) is 0. The van der Waals surface area contributed by atoms with Crippen LogP contribution in [0.2, 0.25) is 5.02 Å². The molecule has 1 aromatic carbocycles. The van der Waals surface area contributed by atoms with Gasteiger partial charge < -0.3 is 28.8 Å². The van der Waals surface area contributed by atoms with Gasteiger partial charge in [-0.2, -0.15) is 0 Å². The van der Waals surface area contributed by atoms with Gasteiger partial charge in [0.2, 0.25) is 11.9 Å². The number of carbonyl (C=O) groups excluding carboxylic acids is 4. The average Bonchev–Trinajstić information content (AvgIpc) is 2.88. The molecule has 0 radical (unpaired) electrons. The number of halogens is 1. The van der Waals surface area contributed by atoms with E-state index in [1.54, 1.807) is 12.1 Å². The molecule has 11 heteroatoms. The highest BCUT2D eigenvalue weighted by molar-refractivity contribution is 6.32. The van der Waals surface area contributed by atoms with E-state index in [1.165, 1.54) is 50.7 Å². The van der Waals surface area contributed by atoms with Crippen molar-refractivity contribution in [3.05, 3.63) is 39.9 Å². The zero-order chi connectivity index (χ0) is 30.3. The Morgan fingerprint density at radius 2 is 1.45 bits per heavy atom. The Morgan fingerprint density at radius 3 is 2.00 bits per heavy atom. The van der Waals surface area contributed by atoms with Gasteiger partial charge in [-0.1, -0.05) is 29.3 Å². The molecule has 42 heavy (non-hydrogen) atoms. The largest absolute Gasteiger partial charge is 0.463 e. The number of aliphatic hydroxyl groups is 1. The van der Waals surface area contributed by atoms with Gasteiger partial charge in [-0.15, -0.1) is 0 Å². The molecule has 4 aliphatic carbocycles. The first kappa shape index (κ1) is 30.5. The molecule has 1 unspecified atom stereocenters. The van der Waals surface area contributed by atoms with E-state index in [4.69, 9.17) is 35.3 Å². The Morgan fingerprint density at radius 1 is 0.881 bits per heavy atom. The number of benzene rings is 1. The van der Waals surface area contributed by atoms with Crippen LogP contribution in [0.3, 0.4) is 0 Å². The van der Waals surface area contributed by atoms with Gasteiger partial charge in [0, 0.05) is 38.3 Å². The predicted octanol–water partition coefficient (Wildman–Crippen LogP) is 4.08. The second kappa shape index (κ2) is 12.0. The molecule has 0 spiro atoms. The Bertz CT molecular complexity index is 1260. The maximum Gasteiger partial charge on any atom is 0.303 e. The molecular formula is C31H37ClO10. The van der Waals surface area contributed by atoms with Crippen molar-refractivity contribution in [3.63, 3.8) is 0 Å². The van der Waals surface area contributed by atoms with Gasteiger partial charge in [0.15, 0.2) is 12.2 Å². The molecular weight excluding hydrogens is 568 g/mol. The molecule has 1 saturated heterocycles. The van der Waals surface area contributed by atoms with Gasteiger partial charge in [-0.3, -0.25) is 19.2 Å². The Hall–Kier alpha value is -2.95. The lowest BCUT2D eigenvalue weighted by molar-refractivity contribution is -0.360. The minimum Gasteiger partial charge on any atom is -0.463 e. The summed E-state index contributed by atoms with van der Waals surface area (Å²) in [4.78, 5) is 48.2. The SMILES string of the molecule is CC(=O)OC[C@H]1OC(O)(c2ccc(Cl)c(C=C3C4CC5CC(C4)CC3C5)c2)[C@H](OC(C)=O)[C@@H](OC(C)=O)[C@@H]1OC(C)=O. The molecule has 228 valence electrons. The molecule has 5 atom stereocenters. The maximum atomic E-state index is 12.3. The lowest BCUT2D eigenvalue weighted by Crippen LogP contribution is -2.66. The van der Waals surface area contributed by atoms with E-state index in [0.29, 0.717) is 22.4 Å². The molecule has 0 amide bonds. The highest BCUT2D eigenvalue weighted by atomic mass is 35.5. The van der Waals surface area contributed by atoms with Gasteiger partial charge in [0.1, 0.15) is 12.7 Å². The normalized spacial score (nSPS) is 34.9. The van der Waals surface area contributed by atoms with Crippen molar-refractivity contribution >= 4 is 41.6 Å². The van der Waals surface area contributed by atoms with E-state index in [-0.39, 0.29) is 5.56 Å². The molecule has 4 bridgehead atoms. The van der Waals surface area contributed by atoms with Crippen molar-refractivity contribution in [2.45, 2.75) is 90.0 Å². The fourth-order valence-corrected chi connectivity index (χ4v) is 7.71. The number of carbonyl (C=O) groups is 4. The van der Waals surface area contributed by atoms with Crippen LogP contribution < -0.4 is 0 Å². The fourth-order valence-electron chi connectivity index (χ4n) is 7.53. The third kappa shape index (κ3) is 6.21. The van der Waals surface area contributed by atoms with Crippen LogP contribution in [0, 0.1) is 23.7 Å². The summed E-state index contributed by atoms with van der Waals surface area (Å²) in [6.45, 7) is 4.13. The zero-order valence-corrected chi connectivity index (χ0v) is 24.9. The minimum absolute atomic E-state index is 0.167. The number of allylic oxidation sites excluding steroid dienone is 1. The monoisotopic (exact) mass is 604 g/mol. The molecule has 1 aromatic rings. The summed E-state index contributed by atoms with van der Waals surface area (Å²) >= 11 is 6.67. The van der Waals surface area contributed by atoms with Crippen molar-refractivity contribution < 1.29 is 48.0 Å². The van der Waals surface area contributed by atoms with Crippen LogP contribution in [-0.2, 0) is 48.6 Å². The van der Waals surface area contributed by atoms with E-state index < -0.39 is 60.7 Å². The summed E-state index contributed by atoms with van der Waals surface area (Å²) in [5.74, 6) is -2.81. The van der Waals surface area contributed by atoms with Crippen molar-refractivity contribution in [3.8, 4) is 0 Å². The predicted molar refractivity (Wildman–Crippen MR) is 149 cm³/mol. The van der Waals surface area contributed by atoms with Gasteiger partial charge in [-0.25, -0.2) is 0 Å². The molecule has 1 N–H and O–H groups in total. The van der Waals surface area contributed by atoms with Crippen LogP contribution in [-0.4, -0.2) is 60.0 Å². The first-order valence-electron chi connectivity index (χ1n) is 14.4. The summed E-state index contributed by atoms with van der Waals surface area (Å²) in [6.07, 6.45) is 2.32. The summed E-state index contributed by atoms with van der Waals surface area (Å²) in [6, 6.07) is 4.81. The lowest BCUT2D eigenvalue weighted by Gasteiger charge is -2.51. The highest BCUT2D eigenvalue weighted by Crippen LogP contribution is 2.57. The molecule has 5 aliphatic rings. The van der Waals surface area contributed by atoms with Gasteiger partial charge in [0.05, 0.1) is 0 Å². The van der Waals surface area contributed by atoms with Crippen LogP contribution in [0.1, 0.15) is 70.9 Å². The van der Waals surface area contributed by atoms with Crippen molar-refractivity contribution in [1.82, 2.24) is 0 Å². The number of hydrogen-bond acceptors (Lipinski definition) is 10. The first-order chi connectivity index (χ1) is 19.8. The Kier molecular flexibility index (Phi) is 8.70. The van der Waals surface area contributed by atoms with Crippen molar-refractivity contribution in [1.29, 1.82) is 0 Å². The van der Waals surface area contributed by atoms with Crippen LogP contribution in [0.25, 0.3) is 6.08 Å². The Balaban J connectivity index is 1.57. The van der Waals surface area contributed by atoms with Crippen LogP contribution in [0.5, 0.6) is 0 Å². The molecule has 10 nitrogen and oxygen atoms in total. The molecule has 1 heterocycles. The topological polar surface area (TPSA) is 135 Å². The summed E-state index contributed by atoms with van der Waals surface area (Å²) in [5.41, 5.74) is 2.20. The lowest BCUT2D eigenvalue weighted by atomic mass is 9.54. The van der Waals surface area contributed by atoms with E-state index >= 15 is 0 Å². The molecule has 5 fully saturated rings. The van der Waals surface area contributed by atoms with Crippen LogP contribution in [0.4, 0.5) is 0 Å². The van der Waals surface area contributed by atoms with E-state index in [1.807, 2.05) is 0 Å². The van der Waals surface area contributed by atoms with Crippen LogP contribution >= 0.6 is 11.6 Å². The smallest absolute Gasteiger partial charge is 0.303 e. The summed E-state index contributed by atoms with van der Waals surface area (Å²) < 4.78 is 27.7. The standard InChI is InChI=1S/C31H37ClO10/c1-15(33)38-14-27-28(39-16(2)34)29(40-17(3)35)30(41-18(4)36)31(37,42-27)24-5-6-26(32)23(12-24)13-25-21-8-19-7-20(10-21)11-22(25)9-19/h5-6,12-13,19-22,27-30,37H,7-11,14H2,1-4H3/t19?,20?,21?,22?,27-,28-,29+,30-,31?/m1/s1. The molecule has 0 aromatic heterocycles. The average molecular weight is 605 g/mol. The molecule has 6 rings (SSSR count). The first-order valence-corrected chi connectivity index (χ1v) is 14.8. The maximum absolute atomic E-state index is 12.3. The second-order valence-electron chi connectivity index (χ2n) is 12.0. The zero-order valence-electron chi connectivity index (χ0n) is 24.2. The second-order valence-corrected chi connectivity index (χ2v) is 12.4.